The van der Waals surface area contributed by atoms with Crippen LogP contribution < -0.4 is 25.1 Å². The van der Waals surface area contributed by atoms with Crippen molar-refractivity contribution in [3.8, 4) is 17.2 Å². The Kier molecular flexibility index (Phi) is 8.18. The van der Waals surface area contributed by atoms with Gasteiger partial charge in [0.25, 0.3) is 5.56 Å². The highest BCUT2D eigenvalue weighted by molar-refractivity contribution is 7.99. The van der Waals surface area contributed by atoms with Gasteiger partial charge in [0.1, 0.15) is 17.2 Å². The molecule has 3 rings (SSSR count). The van der Waals surface area contributed by atoms with Crippen LogP contribution in [0.25, 0.3) is 0 Å². The SMILES string of the molecule is CCOc1ccc(S(=O)(=O)c2cnc(SCC(=O)Nc3cc(OC)cc(OC)c3)[nH]c2=O)cc1. The number of anilines is 1. The van der Waals surface area contributed by atoms with E-state index in [4.69, 9.17) is 14.2 Å². The minimum absolute atomic E-state index is 0.0586. The summed E-state index contributed by atoms with van der Waals surface area (Å²) in [5, 5.41) is 2.81. The van der Waals surface area contributed by atoms with Crippen molar-refractivity contribution < 1.29 is 27.4 Å². The molecule has 0 atom stereocenters. The van der Waals surface area contributed by atoms with Crippen molar-refractivity contribution in [2.45, 2.75) is 21.9 Å². The number of methoxy groups -OCH3 is 2. The molecule has 0 fully saturated rings. The lowest BCUT2D eigenvalue weighted by Gasteiger charge is -2.10. The maximum atomic E-state index is 12.8. The van der Waals surface area contributed by atoms with Gasteiger partial charge in [0, 0.05) is 23.9 Å². The van der Waals surface area contributed by atoms with E-state index in [0.29, 0.717) is 29.5 Å². The van der Waals surface area contributed by atoms with Crippen molar-refractivity contribution in [3.63, 3.8) is 0 Å². The molecule has 0 bridgehead atoms. The summed E-state index contributed by atoms with van der Waals surface area (Å²) >= 11 is 0.952. The van der Waals surface area contributed by atoms with Crippen LogP contribution in [0.5, 0.6) is 17.2 Å². The first-order valence-corrected chi connectivity index (χ1v) is 12.5. The molecule has 0 spiro atoms. The van der Waals surface area contributed by atoms with Gasteiger partial charge in [0.05, 0.1) is 37.7 Å². The number of carbonyl (C=O) groups excluding carboxylic acids is 1. The monoisotopic (exact) mass is 505 g/mol. The van der Waals surface area contributed by atoms with Crippen molar-refractivity contribution in [1.82, 2.24) is 9.97 Å². The van der Waals surface area contributed by atoms with E-state index in [1.807, 2.05) is 6.92 Å². The van der Waals surface area contributed by atoms with Crippen molar-refractivity contribution in [2.24, 2.45) is 0 Å². The average molecular weight is 506 g/mol. The molecule has 12 heteroatoms. The predicted molar refractivity (Wildman–Crippen MR) is 127 cm³/mol. The molecular weight excluding hydrogens is 482 g/mol. The van der Waals surface area contributed by atoms with Crippen LogP contribution in [0.3, 0.4) is 0 Å². The number of nitrogens with one attached hydrogen (secondary N) is 2. The lowest BCUT2D eigenvalue weighted by Crippen LogP contribution is -2.20. The quantitative estimate of drug-likeness (QED) is 0.315. The molecule has 0 unspecified atom stereocenters. The lowest BCUT2D eigenvalue weighted by molar-refractivity contribution is -0.113. The number of thioether (sulfide) groups is 1. The molecular formula is C22H23N3O7S2. The second-order valence-corrected chi connectivity index (χ2v) is 9.61. The third-order valence-electron chi connectivity index (χ3n) is 4.45. The molecule has 0 aliphatic rings. The Bertz CT molecular complexity index is 1300. The molecule has 1 aromatic heterocycles. The molecule has 0 aliphatic carbocycles. The van der Waals surface area contributed by atoms with Gasteiger partial charge in [-0.3, -0.25) is 9.59 Å². The number of rotatable bonds is 10. The summed E-state index contributed by atoms with van der Waals surface area (Å²) in [5.74, 6) is 1.10. The van der Waals surface area contributed by atoms with Crippen molar-refractivity contribution in [1.29, 1.82) is 0 Å². The Morgan fingerprint density at radius 1 is 1.06 bits per heavy atom. The predicted octanol–water partition coefficient (Wildman–Crippen LogP) is 2.75. The topological polar surface area (TPSA) is 137 Å². The van der Waals surface area contributed by atoms with Crippen LogP contribution in [0.4, 0.5) is 5.69 Å². The number of benzene rings is 2. The molecule has 180 valence electrons. The number of aromatic nitrogens is 2. The fourth-order valence-electron chi connectivity index (χ4n) is 2.85. The number of hydrogen-bond acceptors (Lipinski definition) is 9. The van der Waals surface area contributed by atoms with Gasteiger partial charge in [-0.05, 0) is 31.2 Å². The molecule has 2 aromatic carbocycles. The van der Waals surface area contributed by atoms with E-state index >= 15 is 0 Å². The second kappa shape index (κ2) is 11.1. The van der Waals surface area contributed by atoms with Crippen LogP contribution in [0.15, 0.2) is 68.4 Å². The number of amides is 1. The van der Waals surface area contributed by atoms with Crippen molar-refractivity contribution >= 4 is 33.2 Å². The number of hydrogen-bond donors (Lipinski definition) is 2. The van der Waals surface area contributed by atoms with Gasteiger partial charge in [-0.15, -0.1) is 0 Å². The average Bonchev–Trinajstić information content (AvgIpc) is 2.83. The zero-order valence-electron chi connectivity index (χ0n) is 18.7. The minimum atomic E-state index is -4.08. The fraction of sp³-hybridized carbons (Fsp3) is 0.227. The Labute approximate surface area is 200 Å². The van der Waals surface area contributed by atoms with E-state index in [2.05, 4.69) is 15.3 Å². The number of carbonyl (C=O) groups is 1. The normalized spacial score (nSPS) is 11.0. The first-order valence-electron chi connectivity index (χ1n) is 9.99. The van der Waals surface area contributed by atoms with E-state index in [1.54, 1.807) is 18.2 Å². The summed E-state index contributed by atoms with van der Waals surface area (Å²) in [6.07, 6.45) is 0.984. The zero-order chi connectivity index (χ0) is 24.7. The number of sulfone groups is 1. The molecule has 2 N–H and O–H groups in total. The third-order valence-corrected chi connectivity index (χ3v) is 7.10. The molecule has 1 heterocycles. The van der Waals surface area contributed by atoms with E-state index in [0.717, 1.165) is 18.0 Å². The van der Waals surface area contributed by atoms with Crippen molar-refractivity contribution in [3.05, 3.63) is 59.0 Å². The molecule has 10 nitrogen and oxygen atoms in total. The van der Waals surface area contributed by atoms with Gasteiger partial charge in [0.15, 0.2) is 10.1 Å². The summed E-state index contributed by atoms with van der Waals surface area (Å²) in [6, 6.07) is 10.7. The second-order valence-electron chi connectivity index (χ2n) is 6.73. The highest BCUT2D eigenvalue weighted by atomic mass is 32.2. The smallest absolute Gasteiger partial charge is 0.270 e. The van der Waals surface area contributed by atoms with Gasteiger partial charge in [0.2, 0.25) is 15.7 Å². The van der Waals surface area contributed by atoms with E-state index in [1.165, 1.54) is 38.5 Å². The van der Waals surface area contributed by atoms with Gasteiger partial charge in [-0.2, -0.15) is 0 Å². The van der Waals surface area contributed by atoms with E-state index < -0.39 is 20.3 Å². The summed E-state index contributed by atoms with van der Waals surface area (Å²) < 4.78 is 41.3. The Morgan fingerprint density at radius 2 is 1.71 bits per heavy atom. The number of ether oxygens (including phenoxy) is 3. The largest absolute Gasteiger partial charge is 0.497 e. The van der Waals surface area contributed by atoms with Gasteiger partial charge in [-0.25, -0.2) is 13.4 Å². The summed E-state index contributed by atoms with van der Waals surface area (Å²) in [4.78, 5) is 30.6. The molecule has 0 aliphatic heterocycles. The van der Waals surface area contributed by atoms with Crippen LogP contribution in [-0.2, 0) is 14.6 Å². The first kappa shape index (κ1) is 25.1. The van der Waals surface area contributed by atoms with E-state index in [-0.39, 0.29) is 21.7 Å². The van der Waals surface area contributed by atoms with Gasteiger partial charge < -0.3 is 24.5 Å². The Morgan fingerprint density at radius 3 is 2.26 bits per heavy atom. The van der Waals surface area contributed by atoms with Crippen molar-refractivity contribution in [2.75, 3.05) is 31.9 Å². The molecule has 0 saturated heterocycles. The third kappa shape index (κ3) is 6.08. The molecule has 0 saturated carbocycles. The Balaban J connectivity index is 1.68. The zero-order valence-corrected chi connectivity index (χ0v) is 20.3. The first-order chi connectivity index (χ1) is 16.3. The summed E-state index contributed by atoms with van der Waals surface area (Å²) in [6.45, 7) is 2.26. The standard InChI is InChI=1S/C22H23N3O7S2/c1-4-32-15-5-7-18(8-6-15)34(28,29)19-12-23-22(25-21(19)27)33-13-20(26)24-14-9-16(30-2)11-17(10-14)31-3/h5-12H,4,13H2,1-3H3,(H,24,26)(H,23,25,27). The number of aromatic amines is 1. The Hall–Kier alpha value is -3.51. The number of H-pyrrole nitrogens is 1. The number of nitrogens with zero attached hydrogens (tertiary/aromatic N) is 1. The van der Waals surface area contributed by atoms with E-state index in [9.17, 15) is 18.0 Å². The minimum Gasteiger partial charge on any atom is -0.497 e. The maximum absolute atomic E-state index is 12.8. The van der Waals surface area contributed by atoms with Crippen LogP contribution >= 0.6 is 11.8 Å². The van der Waals surface area contributed by atoms with Crippen LogP contribution in [0, 0.1) is 0 Å². The van der Waals surface area contributed by atoms with Gasteiger partial charge in [-0.1, -0.05) is 11.8 Å². The highest BCUT2D eigenvalue weighted by Crippen LogP contribution is 2.26. The maximum Gasteiger partial charge on any atom is 0.270 e. The summed E-state index contributed by atoms with van der Waals surface area (Å²) in [7, 11) is -1.08. The van der Waals surface area contributed by atoms with Crippen LogP contribution in [0.2, 0.25) is 0 Å². The highest BCUT2D eigenvalue weighted by Gasteiger charge is 2.22. The molecule has 3 aromatic rings. The molecule has 34 heavy (non-hydrogen) atoms. The lowest BCUT2D eigenvalue weighted by atomic mass is 10.2. The van der Waals surface area contributed by atoms with Crippen LogP contribution in [0.1, 0.15) is 6.92 Å². The van der Waals surface area contributed by atoms with Gasteiger partial charge >= 0.3 is 0 Å². The molecule has 1 amide bonds. The van der Waals surface area contributed by atoms with Crippen LogP contribution in [-0.4, -0.2) is 50.9 Å². The molecule has 0 radical (unpaired) electrons. The summed E-state index contributed by atoms with van der Waals surface area (Å²) in [5.41, 5.74) is -0.357. The fourth-order valence-corrected chi connectivity index (χ4v) is 4.72.